The molecule has 3 rings (SSSR count). The van der Waals surface area contributed by atoms with Gasteiger partial charge in [-0.3, -0.25) is 4.79 Å². The lowest BCUT2D eigenvalue weighted by Gasteiger charge is -2.34. The lowest BCUT2D eigenvalue weighted by molar-refractivity contribution is 0.402. The molecule has 2 aromatic heterocycles. The van der Waals surface area contributed by atoms with Crippen molar-refractivity contribution >= 4 is 26.9 Å². The average Bonchev–Trinajstić information content (AvgIpc) is 2.52. The zero-order valence-electron chi connectivity index (χ0n) is 12.5. The molecule has 1 aliphatic heterocycles. The second-order valence-electron chi connectivity index (χ2n) is 5.74. The number of rotatable bonds is 4. The summed E-state index contributed by atoms with van der Waals surface area (Å²) in [5.74, 6) is 0.275. The van der Waals surface area contributed by atoms with Gasteiger partial charge in [-0.05, 0) is 30.9 Å². The smallest absolute Gasteiger partial charge is 0.274 e. The van der Waals surface area contributed by atoms with E-state index < -0.39 is 10.2 Å². The first-order valence-corrected chi connectivity index (χ1v) is 8.97. The molecule has 0 aromatic carbocycles. The Labute approximate surface area is 133 Å². The van der Waals surface area contributed by atoms with Crippen LogP contribution in [0.25, 0.3) is 11.0 Å². The van der Waals surface area contributed by atoms with E-state index in [9.17, 15) is 13.2 Å². The van der Waals surface area contributed by atoms with Crippen molar-refractivity contribution in [2.45, 2.75) is 12.8 Å². The van der Waals surface area contributed by atoms with E-state index >= 15 is 0 Å². The van der Waals surface area contributed by atoms with E-state index in [-0.39, 0.29) is 11.5 Å². The summed E-state index contributed by atoms with van der Waals surface area (Å²) >= 11 is 0. The molecule has 3 heterocycles. The van der Waals surface area contributed by atoms with Gasteiger partial charge in [0.15, 0.2) is 0 Å². The summed E-state index contributed by atoms with van der Waals surface area (Å²) in [4.78, 5) is 20.6. The molecule has 1 fully saturated rings. The number of pyridine rings is 2. The number of anilines is 1. The summed E-state index contributed by atoms with van der Waals surface area (Å²) in [7, 11) is -3.63. The van der Waals surface area contributed by atoms with Crippen molar-refractivity contribution < 1.29 is 8.42 Å². The molecule has 9 heteroatoms. The first-order valence-electron chi connectivity index (χ1n) is 7.43. The zero-order chi connectivity index (χ0) is 16.4. The van der Waals surface area contributed by atoms with Gasteiger partial charge in [0.2, 0.25) is 5.56 Å². The highest BCUT2D eigenvalue weighted by Crippen LogP contribution is 2.27. The molecule has 1 aliphatic rings. The highest BCUT2D eigenvalue weighted by molar-refractivity contribution is 7.87. The Morgan fingerprint density at radius 2 is 2.04 bits per heavy atom. The van der Waals surface area contributed by atoms with Crippen molar-refractivity contribution in [2.75, 3.05) is 24.5 Å². The van der Waals surface area contributed by atoms with Crippen LogP contribution in [0.5, 0.6) is 0 Å². The molecule has 0 aliphatic carbocycles. The molecule has 0 spiro atoms. The topological polar surface area (TPSA) is 121 Å². The van der Waals surface area contributed by atoms with E-state index in [2.05, 4.69) is 19.6 Å². The van der Waals surface area contributed by atoms with Gasteiger partial charge in [0, 0.05) is 43.0 Å². The van der Waals surface area contributed by atoms with Gasteiger partial charge in [0.05, 0.1) is 0 Å². The highest BCUT2D eigenvalue weighted by Gasteiger charge is 2.21. The van der Waals surface area contributed by atoms with E-state index in [1.165, 1.54) is 6.07 Å². The summed E-state index contributed by atoms with van der Waals surface area (Å²) in [6.45, 7) is 2.00. The van der Waals surface area contributed by atoms with Gasteiger partial charge in [-0.25, -0.2) is 14.8 Å². The summed E-state index contributed by atoms with van der Waals surface area (Å²) in [6.07, 6.45) is 3.42. The number of nitrogens with two attached hydrogens (primary N) is 1. The van der Waals surface area contributed by atoms with Crippen LogP contribution < -0.4 is 20.3 Å². The first-order chi connectivity index (χ1) is 10.9. The van der Waals surface area contributed by atoms with E-state index in [4.69, 9.17) is 5.14 Å². The molecule has 4 N–H and O–H groups in total. The lowest BCUT2D eigenvalue weighted by Crippen LogP contribution is -2.40. The molecule has 0 radical (unpaired) electrons. The Hall–Kier alpha value is -1.97. The largest absolute Gasteiger partial charge is 0.371 e. The fourth-order valence-corrected chi connectivity index (χ4v) is 3.40. The van der Waals surface area contributed by atoms with Crippen molar-refractivity contribution in [1.82, 2.24) is 14.7 Å². The number of nitrogens with zero attached hydrogens (tertiary/aromatic N) is 2. The first kappa shape index (κ1) is 15.9. The maximum Gasteiger partial charge on any atom is 0.274 e. The normalized spacial score (nSPS) is 16.8. The number of piperidine rings is 1. The van der Waals surface area contributed by atoms with Crippen LogP contribution in [0, 0.1) is 5.92 Å². The van der Waals surface area contributed by atoms with E-state index in [0.717, 1.165) is 37.0 Å². The number of H-pyrrole nitrogens is 1. The standard InChI is InChI=1S/C14H19N5O3S/c15-23(21,22)17-9-10-4-7-19(8-5-10)12-3-6-16-14-11(12)1-2-13(20)18-14/h1-3,6,10,17H,4-5,7-9H2,(H2,15,21,22)(H,16,18,20). The van der Waals surface area contributed by atoms with Crippen molar-refractivity contribution in [2.24, 2.45) is 11.1 Å². The number of hydrogen-bond donors (Lipinski definition) is 3. The quantitative estimate of drug-likeness (QED) is 0.721. The highest BCUT2D eigenvalue weighted by atomic mass is 32.2. The fraction of sp³-hybridized carbons (Fsp3) is 0.429. The third-order valence-electron chi connectivity index (χ3n) is 4.14. The van der Waals surface area contributed by atoms with Gasteiger partial charge in [-0.15, -0.1) is 0 Å². The molecule has 8 nitrogen and oxygen atoms in total. The summed E-state index contributed by atoms with van der Waals surface area (Å²) in [5.41, 5.74) is 1.44. The maximum absolute atomic E-state index is 11.4. The SMILES string of the molecule is NS(=O)(=O)NCC1CCN(c2ccnc3[nH]c(=O)ccc23)CC1. The van der Waals surface area contributed by atoms with Crippen LogP contribution >= 0.6 is 0 Å². The third-order valence-corrected chi connectivity index (χ3v) is 4.71. The van der Waals surface area contributed by atoms with Crippen LogP contribution in [-0.2, 0) is 10.2 Å². The zero-order valence-corrected chi connectivity index (χ0v) is 13.3. The summed E-state index contributed by atoms with van der Waals surface area (Å²) < 4.78 is 24.3. The number of hydrogen-bond acceptors (Lipinski definition) is 5. The van der Waals surface area contributed by atoms with Gasteiger partial charge >= 0.3 is 0 Å². The molecule has 2 aromatic rings. The van der Waals surface area contributed by atoms with Crippen LogP contribution in [0.15, 0.2) is 29.2 Å². The summed E-state index contributed by atoms with van der Waals surface area (Å²) in [5, 5.41) is 5.87. The lowest BCUT2D eigenvalue weighted by atomic mass is 9.96. The number of nitrogens with one attached hydrogen (secondary N) is 2. The Bertz CT molecular complexity index is 856. The monoisotopic (exact) mass is 337 g/mol. The van der Waals surface area contributed by atoms with Gasteiger partial charge in [0.1, 0.15) is 5.65 Å². The number of aromatic amines is 1. The number of fused-ring (bicyclic) bond motifs is 1. The van der Waals surface area contributed by atoms with E-state index in [1.807, 2.05) is 6.07 Å². The Kier molecular flexibility index (Phi) is 4.33. The van der Waals surface area contributed by atoms with Crippen LogP contribution in [0.1, 0.15) is 12.8 Å². The van der Waals surface area contributed by atoms with Crippen molar-refractivity contribution in [1.29, 1.82) is 0 Å². The second kappa shape index (κ2) is 6.26. The molecule has 0 bridgehead atoms. The molecule has 0 saturated carbocycles. The molecular formula is C14H19N5O3S. The summed E-state index contributed by atoms with van der Waals surface area (Å²) in [6, 6.07) is 5.21. The molecule has 0 atom stereocenters. The minimum atomic E-state index is -3.63. The third kappa shape index (κ3) is 3.87. The van der Waals surface area contributed by atoms with Gasteiger partial charge in [-0.2, -0.15) is 8.42 Å². The van der Waals surface area contributed by atoms with Gasteiger partial charge < -0.3 is 9.88 Å². The molecule has 23 heavy (non-hydrogen) atoms. The Morgan fingerprint density at radius 1 is 1.30 bits per heavy atom. The molecule has 124 valence electrons. The van der Waals surface area contributed by atoms with Gasteiger partial charge in [-0.1, -0.05) is 0 Å². The molecule has 1 saturated heterocycles. The fourth-order valence-electron chi connectivity index (χ4n) is 2.93. The van der Waals surface area contributed by atoms with Crippen molar-refractivity contribution in [3.05, 3.63) is 34.7 Å². The number of aromatic nitrogens is 2. The van der Waals surface area contributed by atoms with Crippen LogP contribution in [0.3, 0.4) is 0 Å². The molecular weight excluding hydrogens is 318 g/mol. The minimum absolute atomic E-state index is 0.171. The maximum atomic E-state index is 11.4. The average molecular weight is 337 g/mol. The molecule has 0 unspecified atom stereocenters. The van der Waals surface area contributed by atoms with Crippen LogP contribution in [-0.4, -0.2) is 38.0 Å². The molecule has 0 amide bonds. The second-order valence-corrected chi connectivity index (χ2v) is 7.12. The predicted molar refractivity (Wildman–Crippen MR) is 88.4 cm³/mol. The minimum Gasteiger partial charge on any atom is -0.371 e. The van der Waals surface area contributed by atoms with E-state index in [0.29, 0.717) is 12.2 Å². The Balaban J connectivity index is 1.72. The van der Waals surface area contributed by atoms with Gasteiger partial charge in [0.25, 0.3) is 10.2 Å². The van der Waals surface area contributed by atoms with Crippen LogP contribution in [0.4, 0.5) is 5.69 Å². The predicted octanol–water partition coefficient (Wildman–Crippen LogP) is -0.0674. The van der Waals surface area contributed by atoms with Crippen molar-refractivity contribution in [3.8, 4) is 0 Å². The Morgan fingerprint density at radius 3 is 2.74 bits per heavy atom. The van der Waals surface area contributed by atoms with Crippen molar-refractivity contribution in [3.63, 3.8) is 0 Å². The van der Waals surface area contributed by atoms with E-state index in [1.54, 1.807) is 12.3 Å². The van der Waals surface area contributed by atoms with Crippen LogP contribution in [0.2, 0.25) is 0 Å².